The zero-order valence-electron chi connectivity index (χ0n) is 11.2. The molecule has 7 heteroatoms. The molecule has 1 saturated heterocycles. The largest absolute Gasteiger partial charge is 0.340 e. The Hall–Kier alpha value is -2.02. The Morgan fingerprint density at radius 1 is 1.35 bits per heavy atom. The van der Waals surface area contributed by atoms with Crippen LogP contribution in [0, 0.1) is 15.9 Å². The lowest BCUT2D eigenvalue weighted by Crippen LogP contribution is -2.47. The highest BCUT2D eigenvalue weighted by atomic mass is 19.1. The third-order valence-corrected chi connectivity index (χ3v) is 3.47. The first kappa shape index (κ1) is 14.4. The highest BCUT2D eigenvalue weighted by Crippen LogP contribution is 2.21. The van der Waals surface area contributed by atoms with Crippen molar-refractivity contribution in [3.8, 4) is 0 Å². The predicted molar refractivity (Wildman–Crippen MR) is 70.6 cm³/mol. The highest BCUT2D eigenvalue weighted by Gasteiger charge is 2.22. The Bertz CT molecular complexity index is 528. The molecule has 0 aliphatic carbocycles. The van der Waals surface area contributed by atoms with E-state index in [1.54, 1.807) is 11.0 Å². The van der Waals surface area contributed by atoms with Crippen molar-refractivity contribution in [1.29, 1.82) is 0 Å². The van der Waals surface area contributed by atoms with Crippen LogP contribution in [0.2, 0.25) is 0 Å². The molecule has 108 valence electrons. The molecule has 2 rings (SSSR count). The van der Waals surface area contributed by atoms with Crippen LogP contribution in [0.25, 0.3) is 0 Å². The van der Waals surface area contributed by atoms with Crippen molar-refractivity contribution < 1.29 is 14.1 Å². The van der Waals surface area contributed by atoms with Crippen molar-refractivity contribution >= 4 is 11.6 Å². The summed E-state index contributed by atoms with van der Waals surface area (Å²) in [6, 6.07) is 4.20. The summed E-state index contributed by atoms with van der Waals surface area (Å²) >= 11 is 0. The minimum atomic E-state index is -0.772. The molecule has 0 unspecified atom stereocenters. The minimum absolute atomic E-state index is 0.0335. The number of nitro groups is 1. The van der Waals surface area contributed by atoms with E-state index in [-0.39, 0.29) is 5.91 Å². The van der Waals surface area contributed by atoms with Crippen LogP contribution in [-0.4, -0.2) is 46.8 Å². The van der Waals surface area contributed by atoms with Gasteiger partial charge in [-0.25, -0.2) is 0 Å². The molecule has 1 aromatic rings. The maximum Gasteiger partial charge on any atom is 0.305 e. The Morgan fingerprint density at radius 2 is 2.00 bits per heavy atom. The number of carbonyl (C=O) groups is 1. The molecule has 1 aliphatic rings. The number of nitro benzene ring substituents is 1. The molecule has 1 aliphatic heterocycles. The molecular weight excluding hydrogens is 265 g/mol. The Kier molecular flexibility index (Phi) is 4.29. The second-order valence-electron chi connectivity index (χ2n) is 4.79. The van der Waals surface area contributed by atoms with Crippen LogP contribution in [-0.2, 0) is 11.3 Å². The average Bonchev–Trinajstić information content (AvgIpc) is 2.41. The number of rotatable bonds is 3. The van der Waals surface area contributed by atoms with E-state index in [2.05, 4.69) is 0 Å². The summed E-state index contributed by atoms with van der Waals surface area (Å²) in [7, 11) is 0. The average molecular weight is 281 g/mol. The van der Waals surface area contributed by atoms with Crippen molar-refractivity contribution in [2.45, 2.75) is 13.5 Å². The summed E-state index contributed by atoms with van der Waals surface area (Å²) in [6.45, 7) is 4.33. The van der Waals surface area contributed by atoms with Gasteiger partial charge in [0.1, 0.15) is 0 Å². The summed E-state index contributed by atoms with van der Waals surface area (Å²) < 4.78 is 14.0. The van der Waals surface area contributed by atoms with Gasteiger partial charge < -0.3 is 4.90 Å². The van der Waals surface area contributed by atoms with Gasteiger partial charge in [0.25, 0.3) is 0 Å². The maximum absolute atomic E-state index is 14.0. The summed E-state index contributed by atoms with van der Waals surface area (Å²) in [5.41, 5.74) is -0.180. The molecule has 0 saturated carbocycles. The van der Waals surface area contributed by atoms with Gasteiger partial charge in [-0.3, -0.25) is 19.8 Å². The summed E-state index contributed by atoms with van der Waals surface area (Å²) in [6.07, 6.45) is 0. The lowest BCUT2D eigenvalue weighted by Gasteiger charge is -2.34. The number of carbonyl (C=O) groups excluding carboxylic acids is 1. The van der Waals surface area contributed by atoms with E-state index in [0.29, 0.717) is 38.3 Å². The summed E-state index contributed by atoms with van der Waals surface area (Å²) in [5, 5.41) is 10.7. The molecule has 6 nitrogen and oxygen atoms in total. The zero-order valence-corrected chi connectivity index (χ0v) is 11.2. The topological polar surface area (TPSA) is 66.7 Å². The Balaban J connectivity index is 2.03. The fourth-order valence-electron chi connectivity index (χ4n) is 2.29. The van der Waals surface area contributed by atoms with E-state index in [4.69, 9.17) is 0 Å². The lowest BCUT2D eigenvalue weighted by molar-refractivity contribution is -0.387. The van der Waals surface area contributed by atoms with Crippen LogP contribution in [0.4, 0.5) is 10.1 Å². The molecule has 1 aromatic carbocycles. The third-order valence-electron chi connectivity index (χ3n) is 3.47. The summed E-state index contributed by atoms with van der Waals surface area (Å²) in [5.74, 6) is -0.738. The van der Waals surface area contributed by atoms with Gasteiger partial charge >= 0.3 is 5.69 Å². The zero-order chi connectivity index (χ0) is 14.7. The van der Waals surface area contributed by atoms with E-state index < -0.39 is 16.4 Å². The van der Waals surface area contributed by atoms with Crippen LogP contribution < -0.4 is 0 Å². The van der Waals surface area contributed by atoms with Crippen molar-refractivity contribution in [3.63, 3.8) is 0 Å². The van der Waals surface area contributed by atoms with E-state index in [0.717, 1.165) is 6.07 Å². The molecule has 0 bridgehead atoms. The second kappa shape index (κ2) is 5.96. The monoisotopic (exact) mass is 281 g/mol. The van der Waals surface area contributed by atoms with Gasteiger partial charge in [0.15, 0.2) is 0 Å². The molecule has 1 heterocycles. The van der Waals surface area contributed by atoms with Crippen LogP contribution in [0.15, 0.2) is 18.2 Å². The van der Waals surface area contributed by atoms with Crippen molar-refractivity contribution in [2.24, 2.45) is 0 Å². The quantitative estimate of drug-likeness (QED) is 0.620. The van der Waals surface area contributed by atoms with Crippen molar-refractivity contribution in [3.05, 3.63) is 39.7 Å². The van der Waals surface area contributed by atoms with Crippen LogP contribution >= 0.6 is 0 Å². The first-order valence-electron chi connectivity index (χ1n) is 6.38. The van der Waals surface area contributed by atoms with E-state index in [9.17, 15) is 19.3 Å². The first-order chi connectivity index (χ1) is 9.49. The number of nitrogens with zero attached hydrogens (tertiary/aromatic N) is 3. The highest BCUT2D eigenvalue weighted by molar-refractivity contribution is 5.73. The van der Waals surface area contributed by atoms with Gasteiger partial charge in [0.05, 0.1) is 4.92 Å². The fourth-order valence-corrected chi connectivity index (χ4v) is 2.29. The number of halogens is 1. The molecule has 0 atom stereocenters. The molecule has 1 amide bonds. The van der Waals surface area contributed by atoms with E-state index in [1.165, 1.54) is 13.0 Å². The summed E-state index contributed by atoms with van der Waals surface area (Å²) in [4.78, 5) is 24.9. The predicted octanol–water partition coefficient (Wildman–Crippen LogP) is 1.40. The number of hydrogen-bond acceptors (Lipinski definition) is 4. The van der Waals surface area contributed by atoms with Gasteiger partial charge in [-0.1, -0.05) is 12.1 Å². The molecule has 20 heavy (non-hydrogen) atoms. The first-order valence-corrected chi connectivity index (χ1v) is 6.38. The lowest BCUT2D eigenvalue weighted by atomic mass is 10.1. The van der Waals surface area contributed by atoms with Crippen molar-refractivity contribution in [1.82, 2.24) is 9.80 Å². The normalized spacial score (nSPS) is 16.2. The van der Waals surface area contributed by atoms with Crippen LogP contribution in [0.3, 0.4) is 0 Å². The standard InChI is InChI=1S/C13H16FN3O3/c1-10(18)16-7-5-15(6-8-16)9-11-3-2-4-12(13(11)14)17(19)20/h2-4H,5-9H2,1H3. The molecule has 0 N–H and O–H groups in total. The number of piperazine rings is 1. The van der Waals surface area contributed by atoms with E-state index in [1.807, 2.05) is 4.90 Å². The van der Waals surface area contributed by atoms with Gasteiger partial charge in [-0.05, 0) is 0 Å². The van der Waals surface area contributed by atoms with Gasteiger partial charge in [-0.2, -0.15) is 4.39 Å². The maximum atomic E-state index is 14.0. The SMILES string of the molecule is CC(=O)N1CCN(Cc2cccc([N+](=O)[O-])c2F)CC1. The van der Waals surface area contributed by atoms with Crippen LogP contribution in [0.5, 0.6) is 0 Å². The molecule has 0 radical (unpaired) electrons. The van der Waals surface area contributed by atoms with Gasteiger partial charge in [0.2, 0.25) is 11.7 Å². The molecule has 0 aromatic heterocycles. The number of amides is 1. The third kappa shape index (κ3) is 3.11. The van der Waals surface area contributed by atoms with Gasteiger partial charge in [-0.15, -0.1) is 0 Å². The van der Waals surface area contributed by atoms with E-state index >= 15 is 0 Å². The molecular formula is C13H16FN3O3. The number of benzene rings is 1. The number of hydrogen-bond donors (Lipinski definition) is 0. The Labute approximate surface area is 115 Å². The fraction of sp³-hybridized carbons (Fsp3) is 0.462. The van der Waals surface area contributed by atoms with Gasteiger partial charge in [0, 0.05) is 51.3 Å². The smallest absolute Gasteiger partial charge is 0.305 e. The Morgan fingerprint density at radius 3 is 2.55 bits per heavy atom. The molecule has 0 spiro atoms. The molecule has 1 fully saturated rings. The second-order valence-corrected chi connectivity index (χ2v) is 4.79. The van der Waals surface area contributed by atoms with Crippen LogP contribution in [0.1, 0.15) is 12.5 Å². The van der Waals surface area contributed by atoms with Crippen molar-refractivity contribution in [2.75, 3.05) is 26.2 Å². The minimum Gasteiger partial charge on any atom is -0.340 e.